The Morgan fingerprint density at radius 2 is 1.23 bits per heavy atom. The van der Waals surface area contributed by atoms with E-state index in [1.807, 2.05) is 72.8 Å². The van der Waals surface area contributed by atoms with Gasteiger partial charge in [0.2, 0.25) is 0 Å². The first-order chi connectivity index (χ1) is 15.1. The standard InChI is InChI=1S/C26H23NO3S/c1-30-25-16-14-24(15-17-25)27(20-21-8-4-2-5-9-21)31(28,29)26-18-12-23(13-19-26)22-10-6-3-7-11-22/h2-19H,20H2,1H3. The van der Waals surface area contributed by atoms with Gasteiger partial charge in [0.15, 0.2) is 0 Å². The third-order valence-corrected chi connectivity index (χ3v) is 6.87. The van der Waals surface area contributed by atoms with Gasteiger partial charge in [0.25, 0.3) is 10.0 Å². The summed E-state index contributed by atoms with van der Waals surface area (Å²) in [4.78, 5) is 0.249. The molecular formula is C26H23NO3S. The van der Waals surface area contributed by atoms with Crippen LogP contribution in [0.4, 0.5) is 5.69 Å². The van der Waals surface area contributed by atoms with E-state index in [0.29, 0.717) is 11.4 Å². The molecule has 156 valence electrons. The molecule has 0 aromatic heterocycles. The second-order valence-electron chi connectivity index (χ2n) is 7.09. The Bertz CT molecular complexity index is 1220. The van der Waals surface area contributed by atoms with Crippen molar-refractivity contribution in [2.45, 2.75) is 11.4 Å². The molecule has 0 fully saturated rings. The zero-order valence-corrected chi connectivity index (χ0v) is 18.0. The molecule has 0 N–H and O–H groups in total. The Morgan fingerprint density at radius 3 is 1.81 bits per heavy atom. The fourth-order valence-corrected chi connectivity index (χ4v) is 4.84. The summed E-state index contributed by atoms with van der Waals surface area (Å²) in [6, 6.07) is 33.5. The SMILES string of the molecule is COc1ccc(N(Cc2ccccc2)S(=O)(=O)c2ccc(-c3ccccc3)cc2)cc1. The summed E-state index contributed by atoms with van der Waals surface area (Å²) >= 11 is 0. The lowest BCUT2D eigenvalue weighted by Gasteiger charge is -2.25. The number of methoxy groups -OCH3 is 1. The number of hydrogen-bond donors (Lipinski definition) is 0. The van der Waals surface area contributed by atoms with E-state index in [2.05, 4.69) is 0 Å². The largest absolute Gasteiger partial charge is 0.497 e. The van der Waals surface area contributed by atoms with Crippen LogP contribution in [0.5, 0.6) is 5.75 Å². The zero-order valence-electron chi connectivity index (χ0n) is 17.2. The third-order valence-electron chi connectivity index (χ3n) is 5.08. The molecule has 31 heavy (non-hydrogen) atoms. The van der Waals surface area contributed by atoms with Crippen LogP contribution in [0.1, 0.15) is 5.56 Å². The number of hydrogen-bond acceptors (Lipinski definition) is 3. The van der Waals surface area contributed by atoms with Gasteiger partial charge in [-0.25, -0.2) is 8.42 Å². The first-order valence-electron chi connectivity index (χ1n) is 9.94. The van der Waals surface area contributed by atoms with Crippen molar-refractivity contribution < 1.29 is 13.2 Å². The molecule has 0 unspecified atom stereocenters. The van der Waals surface area contributed by atoms with E-state index in [1.165, 1.54) is 4.31 Å². The average molecular weight is 430 g/mol. The lowest BCUT2D eigenvalue weighted by Crippen LogP contribution is -2.30. The van der Waals surface area contributed by atoms with E-state index in [1.54, 1.807) is 43.5 Å². The number of sulfonamides is 1. The molecular weight excluding hydrogens is 406 g/mol. The maximum Gasteiger partial charge on any atom is 0.264 e. The van der Waals surface area contributed by atoms with Crippen LogP contribution >= 0.6 is 0 Å². The van der Waals surface area contributed by atoms with Crippen molar-refractivity contribution in [3.05, 3.63) is 115 Å². The second kappa shape index (κ2) is 9.06. The van der Waals surface area contributed by atoms with Crippen molar-refractivity contribution >= 4 is 15.7 Å². The minimum atomic E-state index is -3.78. The van der Waals surface area contributed by atoms with Crippen LogP contribution in [0.2, 0.25) is 0 Å². The zero-order chi connectivity index (χ0) is 21.7. The lowest BCUT2D eigenvalue weighted by molar-refractivity contribution is 0.415. The molecule has 0 bridgehead atoms. The maximum atomic E-state index is 13.6. The molecule has 0 heterocycles. The quantitative estimate of drug-likeness (QED) is 0.375. The van der Waals surface area contributed by atoms with Crippen molar-refractivity contribution in [2.24, 2.45) is 0 Å². The monoisotopic (exact) mass is 429 g/mol. The first kappa shape index (κ1) is 20.7. The van der Waals surface area contributed by atoms with E-state index in [-0.39, 0.29) is 11.4 Å². The van der Waals surface area contributed by atoms with E-state index >= 15 is 0 Å². The molecule has 4 aromatic rings. The number of ether oxygens (including phenoxy) is 1. The molecule has 0 spiro atoms. The molecule has 0 saturated carbocycles. The molecule has 4 nitrogen and oxygen atoms in total. The van der Waals surface area contributed by atoms with Gasteiger partial charge in [-0.2, -0.15) is 0 Å². The first-order valence-corrected chi connectivity index (χ1v) is 11.4. The third kappa shape index (κ3) is 4.62. The topological polar surface area (TPSA) is 46.6 Å². The van der Waals surface area contributed by atoms with Crippen molar-refractivity contribution in [1.29, 1.82) is 0 Å². The Balaban J connectivity index is 1.71. The molecule has 0 aliphatic heterocycles. The number of rotatable bonds is 7. The van der Waals surface area contributed by atoms with E-state index < -0.39 is 10.0 Å². The molecule has 4 rings (SSSR count). The van der Waals surface area contributed by atoms with Gasteiger partial charge >= 0.3 is 0 Å². The fraction of sp³-hybridized carbons (Fsp3) is 0.0769. The molecule has 0 amide bonds. The van der Waals surface area contributed by atoms with Crippen molar-refractivity contribution in [1.82, 2.24) is 0 Å². The summed E-state index contributed by atoms with van der Waals surface area (Å²) < 4.78 is 33.9. The normalized spacial score (nSPS) is 11.1. The highest BCUT2D eigenvalue weighted by Gasteiger charge is 2.25. The van der Waals surface area contributed by atoms with Crippen molar-refractivity contribution in [3.8, 4) is 16.9 Å². The molecule has 0 saturated heterocycles. The van der Waals surface area contributed by atoms with Crippen LogP contribution in [0.25, 0.3) is 11.1 Å². The average Bonchev–Trinajstić information content (AvgIpc) is 2.84. The van der Waals surface area contributed by atoms with E-state index in [4.69, 9.17) is 4.74 Å². The van der Waals surface area contributed by atoms with Gasteiger partial charge in [-0.3, -0.25) is 4.31 Å². The van der Waals surface area contributed by atoms with Gasteiger partial charge < -0.3 is 4.74 Å². The summed E-state index contributed by atoms with van der Waals surface area (Å²) in [5, 5.41) is 0. The van der Waals surface area contributed by atoms with Gasteiger partial charge in [0.05, 0.1) is 24.2 Å². The number of anilines is 1. The van der Waals surface area contributed by atoms with Crippen LogP contribution in [0.3, 0.4) is 0 Å². The van der Waals surface area contributed by atoms with Crippen molar-refractivity contribution in [3.63, 3.8) is 0 Å². The summed E-state index contributed by atoms with van der Waals surface area (Å²) in [5.41, 5.74) is 3.50. The molecule has 4 aromatic carbocycles. The smallest absolute Gasteiger partial charge is 0.264 e. The Kier molecular flexibility index (Phi) is 6.05. The highest BCUT2D eigenvalue weighted by atomic mass is 32.2. The van der Waals surface area contributed by atoms with Crippen LogP contribution in [-0.2, 0) is 16.6 Å². The molecule has 0 aliphatic carbocycles. The Hall–Kier alpha value is -3.57. The summed E-state index contributed by atoms with van der Waals surface area (Å²) in [5.74, 6) is 0.674. The highest BCUT2D eigenvalue weighted by molar-refractivity contribution is 7.92. The minimum absolute atomic E-state index is 0.232. The van der Waals surface area contributed by atoms with Gasteiger partial charge in [0.1, 0.15) is 5.75 Å². The van der Waals surface area contributed by atoms with E-state index in [0.717, 1.165) is 16.7 Å². The van der Waals surface area contributed by atoms with Gasteiger partial charge in [-0.1, -0.05) is 72.8 Å². The summed E-state index contributed by atoms with van der Waals surface area (Å²) in [6.07, 6.45) is 0. The molecule has 0 aliphatic rings. The number of benzene rings is 4. The van der Waals surface area contributed by atoms with E-state index in [9.17, 15) is 8.42 Å². The lowest BCUT2D eigenvalue weighted by atomic mass is 10.1. The summed E-state index contributed by atoms with van der Waals surface area (Å²) in [6.45, 7) is 0.232. The summed E-state index contributed by atoms with van der Waals surface area (Å²) in [7, 11) is -2.19. The van der Waals surface area contributed by atoms with Crippen LogP contribution in [-0.4, -0.2) is 15.5 Å². The van der Waals surface area contributed by atoms with Gasteiger partial charge in [-0.05, 0) is 53.1 Å². The van der Waals surface area contributed by atoms with Gasteiger partial charge in [0, 0.05) is 0 Å². The molecule has 0 atom stereocenters. The Morgan fingerprint density at radius 1 is 0.677 bits per heavy atom. The predicted molar refractivity (Wildman–Crippen MR) is 125 cm³/mol. The number of nitrogens with zero attached hydrogens (tertiary/aromatic N) is 1. The van der Waals surface area contributed by atoms with Crippen LogP contribution < -0.4 is 9.04 Å². The van der Waals surface area contributed by atoms with Crippen molar-refractivity contribution in [2.75, 3.05) is 11.4 Å². The van der Waals surface area contributed by atoms with Crippen LogP contribution in [0, 0.1) is 0 Å². The van der Waals surface area contributed by atoms with Crippen LogP contribution in [0.15, 0.2) is 114 Å². The minimum Gasteiger partial charge on any atom is -0.497 e. The second-order valence-corrected chi connectivity index (χ2v) is 8.95. The molecule has 0 radical (unpaired) electrons. The predicted octanol–water partition coefficient (Wildman–Crippen LogP) is 5.76. The molecule has 5 heteroatoms. The highest BCUT2D eigenvalue weighted by Crippen LogP contribution is 2.29. The maximum absolute atomic E-state index is 13.6. The fourth-order valence-electron chi connectivity index (χ4n) is 3.39. The Labute approximate surface area is 183 Å². The van der Waals surface area contributed by atoms with Gasteiger partial charge in [-0.15, -0.1) is 0 Å².